The molecule has 1 rings (SSSR count). The van der Waals surface area contributed by atoms with Gasteiger partial charge in [0.25, 0.3) is 0 Å². The average Bonchev–Trinajstić information content (AvgIpc) is 3.03. The van der Waals surface area contributed by atoms with E-state index >= 15 is 0 Å². The second kappa shape index (κ2) is 9.12. The molecule has 0 saturated carbocycles. The van der Waals surface area contributed by atoms with Crippen LogP contribution in [0.2, 0.25) is 0 Å². The Hall–Kier alpha value is -2.11. The lowest BCUT2D eigenvalue weighted by molar-refractivity contribution is -0.143. The summed E-state index contributed by atoms with van der Waals surface area (Å²) in [5.74, 6) is -2.67. The van der Waals surface area contributed by atoms with Crippen LogP contribution in [0.1, 0.15) is 5.69 Å². The van der Waals surface area contributed by atoms with Crippen LogP contribution >= 0.6 is 12.6 Å². The normalized spacial score (nSPS) is 14.6. The molecule has 1 aromatic heterocycles. The number of rotatable bonds is 9. The molecule has 0 saturated heterocycles. The summed E-state index contributed by atoms with van der Waals surface area (Å²) in [6.45, 7) is -0.776. The minimum atomic E-state index is -1.47. The third-order valence-corrected chi connectivity index (χ3v) is 3.34. The molecule has 3 atom stereocenters. The molecular weight excluding hydrogens is 326 g/mol. The number of carbonyl (C=O) groups excluding carboxylic acids is 2. The van der Waals surface area contributed by atoms with Crippen molar-refractivity contribution in [2.24, 2.45) is 5.73 Å². The highest BCUT2D eigenvalue weighted by atomic mass is 32.1. The van der Waals surface area contributed by atoms with Gasteiger partial charge in [-0.1, -0.05) is 0 Å². The first-order valence-corrected chi connectivity index (χ1v) is 7.30. The first kappa shape index (κ1) is 18.9. The van der Waals surface area contributed by atoms with Gasteiger partial charge in [0.2, 0.25) is 11.8 Å². The van der Waals surface area contributed by atoms with E-state index in [1.54, 1.807) is 0 Å². The third-order valence-electron chi connectivity index (χ3n) is 2.94. The fourth-order valence-corrected chi connectivity index (χ4v) is 1.81. The summed E-state index contributed by atoms with van der Waals surface area (Å²) in [5.41, 5.74) is 6.10. The van der Waals surface area contributed by atoms with E-state index in [2.05, 4.69) is 33.2 Å². The highest BCUT2D eigenvalue weighted by molar-refractivity contribution is 7.80. The van der Waals surface area contributed by atoms with Gasteiger partial charge in [0.05, 0.1) is 19.0 Å². The Kier molecular flexibility index (Phi) is 7.51. The highest BCUT2D eigenvalue weighted by Gasteiger charge is 2.27. The van der Waals surface area contributed by atoms with Gasteiger partial charge in [-0.3, -0.25) is 9.59 Å². The van der Waals surface area contributed by atoms with Crippen molar-refractivity contribution < 1.29 is 24.6 Å². The molecule has 3 unspecified atom stereocenters. The van der Waals surface area contributed by atoms with Gasteiger partial charge in [0.15, 0.2) is 0 Å². The number of aliphatic hydroxyl groups is 1. The van der Waals surface area contributed by atoms with Gasteiger partial charge in [-0.25, -0.2) is 9.78 Å². The number of nitrogens with zero attached hydrogens (tertiary/aromatic N) is 1. The molecule has 1 aromatic rings. The van der Waals surface area contributed by atoms with Gasteiger partial charge in [-0.2, -0.15) is 12.6 Å². The summed E-state index contributed by atoms with van der Waals surface area (Å²) in [6.07, 6.45) is 2.92. The largest absolute Gasteiger partial charge is 0.480 e. The summed E-state index contributed by atoms with van der Waals surface area (Å²) in [6, 6.07) is -3.46. The smallest absolute Gasteiger partial charge is 0.328 e. The lowest BCUT2D eigenvalue weighted by Crippen LogP contribution is -2.56. The van der Waals surface area contributed by atoms with Crippen LogP contribution < -0.4 is 16.4 Å². The van der Waals surface area contributed by atoms with Crippen LogP contribution in [0.3, 0.4) is 0 Å². The number of carboxylic acid groups (broad SMARTS) is 1. The number of nitrogens with one attached hydrogen (secondary N) is 3. The standard InChI is InChI=1S/C12H19N5O5S/c13-7(4-23)10(19)16-8(1-6-2-14-5-15-6)11(20)17-9(3-18)12(21)22/h2,5,7-9,18,23H,1,3-4,13H2,(H,14,15)(H,16,19)(H,17,20)(H,21,22). The van der Waals surface area contributed by atoms with Crippen LogP contribution in [0.15, 0.2) is 12.5 Å². The molecule has 7 N–H and O–H groups in total. The Morgan fingerprint density at radius 3 is 2.43 bits per heavy atom. The Morgan fingerprint density at radius 2 is 1.96 bits per heavy atom. The van der Waals surface area contributed by atoms with E-state index < -0.39 is 42.5 Å². The van der Waals surface area contributed by atoms with Gasteiger partial charge in [-0.05, 0) is 0 Å². The topological polar surface area (TPSA) is 170 Å². The Balaban J connectivity index is 2.82. The molecule has 0 aromatic carbocycles. The molecule has 23 heavy (non-hydrogen) atoms. The Morgan fingerprint density at radius 1 is 1.30 bits per heavy atom. The molecule has 11 heteroatoms. The number of thiol groups is 1. The van der Waals surface area contributed by atoms with E-state index in [1.807, 2.05) is 0 Å². The lowest BCUT2D eigenvalue weighted by atomic mass is 10.1. The number of aliphatic carboxylic acids is 1. The quantitative estimate of drug-likeness (QED) is 0.238. The first-order valence-electron chi connectivity index (χ1n) is 6.67. The van der Waals surface area contributed by atoms with Crippen molar-refractivity contribution in [3.63, 3.8) is 0 Å². The van der Waals surface area contributed by atoms with Gasteiger partial charge in [-0.15, -0.1) is 0 Å². The van der Waals surface area contributed by atoms with Crippen molar-refractivity contribution in [2.75, 3.05) is 12.4 Å². The Bertz CT molecular complexity index is 538. The van der Waals surface area contributed by atoms with E-state index in [4.69, 9.17) is 15.9 Å². The van der Waals surface area contributed by atoms with E-state index in [9.17, 15) is 14.4 Å². The molecule has 0 bridgehead atoms. The van der Waals surface area contributed by atoms with Crippen LogP contribution in [0.25, 0.3) is 0 Å². The van der Waals surface area contributed by atoms with Crippen LogP contribution in [0.5, 0.6) is 0 Å². The number of carbonyl (C=O) groups is 3. The van der Waals surface area contributed by atoms with Crippen molar-refractivity contribution in [3.05, 3.63) is 18.2 Å². The maximum absolute atomic E-state index is 12.2. The fourth-order valence-electron chi connectivity index (χ4n) is 1.64. The van der Waals surface area contributed by atoms with Gasteiger partial charge in [0.1, 0.15) is 12.1 Å². The number of carboxylic acids is 1. The zero-order valence-electron chi connectivity index (χ0n) is 12.1. The number of H-pyrrole nitrogens is 1. The number of aliphatic hydroxyl groups excluding tert-OH is 1. The summed E-state index contributed by atoms with van der Waals surface area (Å²) in [5, 5.41) is 22.4. The summed E-state index contributed by atoms with van der Waals surface area (Å²) in [4.78, 5) is 41.5. The van der Waals surface area contributed by atoms with Crippen molar-refractivity contribution >= 4 is 30.4 Å². The number of nitrogens with two attached hydrogens (primary N) is 1. The molecule has 0 aliphatic heterocycles. The minimum Gasteiger partial charge on any atom is -0.480 e. The van der Waals surface area contributed by atoms with Crippen molar-refractivity contribution in [2.45, 2.75) is 24.5 Å². The number of aromatic amines is 1. The average molecular weight is 345 g/mol. The second-order valence-corrected chi connectivity index (χ2v) is 5.08. The van der Waals surface area contributed by atoms with Crippen LogP contribution in [-0.2, 0) is 20.8 Å². The fraction of sp³-hybridized carbons (Fsp3) is 0.500. The van der Waals surface area contributed by atoms with E-state index in [-0.39, 0.29) is 12.2 Å². The first-order chi connectivity index (χ1) is 10.9. The van der Waals surface area contributed by atoms with Crippen LogP contribution in [0, 0.1) is 0 Å². The monoisotopic (exact) mass is 345 g/mol. The summed E-state index contributed by atoms with van der Waals surface area (Å²) < 4.78 is 0. The summed E-state index contributed by atoms with van der Waals surface area (Å²) in [7, 11) is 0. The third kappa shape index (κ3) is 5.88. The minimum absolute atomic E-state index is 0.0502. The number of imidazole rings is 1. The van der Waals surface area contributed by atoms with Gasteiger partial charge >= 0.3 is 5.97 Å². The molecule has 1 heterocycles. The van der Waals surface area contributed by atoms with E-state index in [0.29, 0.717) is 5.69 Å². The lowest BCUT2D eigenvalue weighted by Gasteiger charge is -2.21. The van der Waals surface area contributed by atoms with Crippen molar-refractivity contribution in [1.82, 2.24) is 20.6 Å². The zero-order chi connectivity index (χ0) is 17.4. The summed E-state index contributed by atoms with van der Waals surface area (Å²) >= 11 is 3.90. The maximum atomic E-state index is 12.2. The van der Waals surface area contributed by atoms with Crippen molar-refractivity contribution in [1.29, 1.82) is 0 Å². The number of amides is 2. The molecule has 128 valence electrons. The molecule has 0 spiro atoms. The molecular formula is C12H19N5O5S. The predicted octanol–water partition coefficient (Wildman–Crippen LogP) is -2.74. The van der Waals surface area contributed by atoms with Crippen molar-refractivity contribution in [3.8, 4) is 0 Å². The second-order valence-electron chi connectivity index (χ2n) is 4.71. The number of hydrogen-bond acceptors (Lipinski definition) is 7. The molecule has 0 radical (unpaired) electrons. The van der Waals surface area contributed by atoms with Gasteiger partial charge < -0.3 is 31.6 Å². The van der Waals surface area contributed by atoms with Crippen LogP contribution in [0.4, 0.5) is 0 Å². The Labute approximate surface area is 137 Å². The molecule has 10 nitrogen and oxygen atoms in total. The van der Waals surface area contributed by atoms with E-state index in [0.717, 1.165) is 0 Å². The predicted molar refractivity (Wildman–Crippen MR) is 82.7 cm³/mol. The highest BCUT2D eigenvalue weighted by Crippen LogP contribution is 2.01. The zero-order valence-corrected chi connectivity index (χ0v) is 13.0. The van der Waals surface area contributed by atoms with Crippen LogP contribution in [-0.4, -0.2) is 68.4 Å². The number of hydrogen-bond donors (Lipinski definition) is 7. The maximum Gasteiger partial charge on any atom is 0.328 e. The van der Waals surface area contributed by atoms with Gasteiger partial charge in [0, 0.05) is 24.1 Å². The molecule has 0 aliphatic carbocycles. The molecule has 0 aliphatic rings. The molecule has 2 amide bonds. The van der Waals surface area contributed by atoms with E-state index in [1.165, 1.54) is 12.5 Å². The SMILES string of the molecule is NC(CS)C(=O)NC(Cc1cnc[nH]1)C(=O)NC(CO)C(=O)O. The molecule has 0 fully saturated rings. The number of aromatic nitrogens is 2.